The summed E-state index contributed by atoms with van der Waals surface area (Å²) in [4.78, 5) is 15.8. The second-order valence-electron chi connectivity index (χ2n) is 5.24. The molecule has 5 nitrogen and oxygen atoms in total. The largest absolute Gasteiger partial charge is 0.385 e. The van der Waals surface area contributed by atoms with E-state index >= 15 is 0 Å². The zero-order valence-corrected chi connectivity index (χ0v) is 11.9. The molecular weight excluding hydrogens is 264 g/mol. The number of nitrogens with zero attached hydrogens (tertiary/aromatic N) is 1. The summed E-state index contributed by atoms with van der Waals surface area (Å²) in [7, 11) is 0. The fraction of sp³-hybridized carbons (Fsp3) is 0.250. The number of pyridine rings is 1. The summed E-state index contributed by atoms with van der Waals surface area (Å²) in [5.74, 6) is 0.0361. The smallest absolute Gasteiger partial charge is 0.252 e. The van der Waals surface area contributed by atoms with Crippen molar-refractivity contribution in [2.75, 3.05) is 17.2 Å². The highest BCUT2D eigenvalue weighted by Gasteiger charge is 2.14. The van der Waals surface area contributed by atoms with Gasteiger partial charge in [0, 0.05) is 24.1 Å². The molecule has 2 aromatic rings. The van der Waals surface area contributed by atoms with Gasteiger partial charge in [0.2, 0.25) is 0 Å². The molecule has 0 saturated carbocycles. The van der Waals surface area contributed by atoms with Crippen molar-refractivity contribution in [1.29, 1.82) is 0 Å². The molecule has 1 amide bonds. The van der Waals surface area contributed by atoms with Crippen LogP contribution in [0.25, 0.3) is 0 Å². The van der Waals surface area contributed by atoms with E-state index in [0.29, 0.717) is 11.4 Å². The van der Waals surface area contributed by atoms with Gasteiger partial charge in [0.15, 0.2) is 0 Å². The highest BCUT2D eigenvalue weighted by molar-refractivity contribution is 5.99. The first kappa shape index (κ1) is 13.4. The van der Waals surface area contributed by atoms with E-state index in [1.807, 2.05) is 13.0 Å². The summed E-state index contributed by atoms with van der Waals surface area (Å²) in [6.45, 7) is 2.87. The van der Waals surface area contributed by atoms with E-state index in [2.05, 4.69) is 27.8 Å². The number of nitrogens with one attached hydrogen (secondary N) is 2. The minimum absolute atomic E-state index is 0.438. The van der Waals surface area contributed by atoms with E-state index in [4.69, 9.17) is 5.73 Å². The van der Waals surface area contributed by atoms with Gasteiger partial charge in [-0.3, -0.25) is 4.79 Å². The van der Waals surface area contributed by atoms with Crippen LogP contribution in [0.15, 0.2) is 30.5 Å². The van der Waals surface area contributed by atoms with Crippen molar-refractivity contribution in [3.05, 3.63) is 47.2 Å². The highest BCUT2D eigenvalue weighted by atomic mass is 16.1. The quantitative estimate of drug-likeness (QED) is 0.808. The third kappa shape index (κ3) is 2.67. The third-order valence-corrected chi connectivity index (χ3v) is 3.71. The van der Waals surface area contributed by atoms with Crippen molar-refractivity contribution in [2.45, 2.75) is 19.8 Å². The zero-order chi connectivity index (χ0) is 14.8. The van der Waals surface area contributed by atoms with E-state index in [1.54, 1.807) is 12.3 Å². The van der Waals surface area contributed by atoms with Gasteiger partial charge in [0.25, 0.3) is 5.91 Å². The Morgan fingerprint density at radius 1 is 1.38 bits per heavy atom. The number of rotatable bonds is 3. The summed E-state index contributed by atoms with van der Waals surface area (Å²) < 4.78 is 0. The topological polar surface area (TPSA) is 80.0 Å². The molecule has 21 heavy (non-hydrogen) atoms. The molecule has 1 aliphatic heterocycles. The average Bonchev–Trinajstić information content (AvgIpc) is 2.47. The molecule has 4 N–H and O–H groups in total. The molecule has 108 valence electrons. The van der Waals surface area contributed by atoms with Gasteiger partial charge in [0.05, 0.1) is 5.56 Å². The van der Waals surface area contributed by atoms with Crippen LogP contribution in [0.2, 0.25) is 0 Å². The van der Waals surface area contributed by atoms with Gasteiger partial charge in [-0.15, -0.1) is 0 Å². The second-order valence-corrected chi connectivity index (χ2v) is 5.24. The maximum Gasteiger partial charge on any atom is 0.252 e. The molecule has 0 unspecified atom stereocenters. The Hall–Kier alpha value is -2.56. The van der Waals surface area contributed by atoms with Gasteiger partial charge in [-0.05, 0) is 55.2 Å². The van der Waals surface area contributed by atoms with Crippen LogP contribution in [0.1, 0.15) is 27.9 Å². The third-order valence-electron chi connectivity index (χ3n) is 3.71. The van der Waals surface area contributed by atoms with E-state index in [0.717, 1.165) is 30.6 Å². The molecule has 0 spiro atoms. The predicted octanol–water partition coefficient (Wildman–Crippen LogP) is 2.59. The Morgan fingerprint density at radius 3 is 3.05 bits per heavy atom. The Balaban J connectivity index is 1.94. The van der Waals surface area contributed by atoms with Crippen LogP contribution in [0.3, 0.4) is 0 Å². The molecule has 0 saturated heterocycles. The van der Waals surface area contributed by atoms with E-state index in [-0.39, 0.29) is 0 Å². The zero-order valence-electron chi connectivity index (χ0n) is 11.9. The fourth-order valence-corrected chi connectivity index (χ4v) is 2.65. The van der Waals surface area contributed by atoms with Crippen molar-refractivity contribution < 1.29 is 4.79 Å². The summed E-state index contributed by atoms with van der Waals surface area (Å²) in [6, 6.07) is 7.90. The van der Waals surface area contributed by atoms with Crippen molar-refractivity contribution in [1.82, 2.24) is 4.98 Å². The molecule has 3 rings (SSSR count). The number of primary amides is 1. The van der Waals surface area contributed by atoms with Gasteiger partial charge >= 0.3 is 0 Å². The number of nitrogens with two attached hydrogens (primary N) is 1. The molecular formula is C16H18N4O. The van der Waals surface area contributed by atoms with Crippen LogP contribution in [0, 0.1) is 6.92 Å². The molecule has 0 radical (unpaired) electrons. The minimum atomic E-state index is -0.470. The Labute approximate surface area is 123 Å². The lowest BCUT2D eigenvalue weighted by molar-refractivity contribution is 0.100. The molecule has 2 heterocycles. The van der Waals surface area contributed by atoms with Crippen molar-refractivity contribution >= 4 is 23.1 Å². The van der Waals surface area contributed by atoms with Crippen molar-refractivity contribution in [3.63, 3.8) is 0 Å². The Kier molecular flexibility index (Phi) is 3.48. The maximum atomic E-state index is 11.6. The lowest BCUT2D eigenvalue weighted by Gasteiger charge is -2.19. The SMILES string of the molecule is Cc1ccnc(Nc2ccc3c(c2)CCCN3)c1C(N)=O. The van der Waals surface area contributed by atoms with Crippen LogP contribution < -0.4 is 16.4 Å². The first-order valence-electron chi connectivity index (χ1n) is 7.04. The monoisotopic (exact) mass is 282 g/mol. The van der Waals surface area contributed by atoms with E-state index in [9.17, 15) is 4.79 Å². The van der Waals surface area contributed by atoms with Crippen molar-refractivity contribution in [3.8, 4) is 0 Å². The summed E-state index contributed by atoms with van der Waals surface area (Å²) in [6.07, 6.45) is 3.86. The van der Waals surface area contributed by atoms with Gasteiger partial charge in [-0.25, -0.2) is 4.98 Å². The van der Waals surface area contributed by atoms with E-state index < -0.39 is 5.91 Å². The highest BCUT2D eigenvalue weighted by Crippen LogP contribution is 2.27. The van der Waals surface area contributed by atoms with Crippen LogP contribution in [-0.4, -0.2) is 17.4 Å². The number of anilines is 3. The van der Waals surface area contributed by atoms with Crippen LogP contribution in [0.5, 0.6) is 0 Å². The summed E-state index contributed by atoms with van der Waals surface area (Å²) >= 11 is 0. The first-order valence-corrected chi connectivity index (χ1v) is 7.04. The van der Waals surface area contributed by atoms with Gasteiger partial charge in [0.1, 0.15) is 5.82 Å². The molecule has 0 atom stereocenters. The standard InChI is InChI=1S/C16H18N4O/c1-10-6-8-19-16(14(10)15(17)21)20-12-4-5-13-11(9-12)3-2-7-18-13/h4-6,8-9,18H,2-3,7H2,1H3,(H2,17,21)(H,19,20). The number of aryl methyl sites for hydroxylation is 2. The molecule has 1 aliphatic rings. The van der Waals surface area contributed by atoms with E-state index in [1.165, 1.54) is 11.3 Å². The number of hydrogen-bond acceptors (Lipinski definition) is 4. The number of carbonyl (C=O) groups excluding carboxylic acids is 1. The summed E-state index contributed by atoms with van der Waals surface area (Å²) in [5, 5.41) is 6.58. The minimum Gasteiger partial charge on any atom is -0.385 e. The number of amides is 1. The molecule has 1 aromatic heterocycles. The molecule has 0 bridgehead atoms. The predicted molar refractivity (Wildman–Crippen MR) is 84.0 cm³/mol. The summed E-state index contributed by atoms with van der Waals surface area (Å²) in [5.41, 5.74) is 10.1. The maximum absolute atomic E-state index is 11.6. The number of carbonyl (C=O) groups is 1. The first-order chi connectivity index (χ1) is 10.1. The van der Waals surface area contributed by atoms with Crippen molar-refractivity contribution in [2.24, 2.45) is 5.73 Å². The van der Waals surface area contributed by atoms with Gasteiger partial charge in [-0.2, -0.15) is 0 Å². The normalized spacial score (nSPS) is 13.2. The number of aromatic nitrogens is 1. The van der Waals surface area contributed by atoms with Gasteiger partial charge < -0.3 is 16.4 Å². The molecule has 1 aromatic carbocycles. The molecule has 5 heteroatoms. The number of hydrogen-bond donors (Lipinski definition) is 3. The molecule has 0 aliphatic carbocycles. The van der Waals surface area contributed by atoms with Crippen LogP contribution >= 0.6 is 0 Å². The number of fused-ring (bicyclic) bond motifs is 1. The van der Waals surface area contributed by atoms with Crippen LogP contribution in [-0.2, 0) is 6.42 Å². The average molecular weight is 282 g/mol. The lowest BCUT2D eigenvalue weighted by Crippen LogP contribution is -2.16. The number of benzene rings is 1. The second kappa shape index (κ2) is 5.44. The molecule has 0 fully saturated rings. The fourth-order valence-electron chi connectivity index (χ4n) is 2.65. The van der Waals surface area contributed by atoms with Gasteiger partial charge in [-0.1, -0.05) is 0 Å². The Bertz CT molecular complexity index is 697. The van der Waals surface area contributed by atoms with Crippen LogP contribution in [0.4, 0.5) is 17.2 Å². The Morgan fingerprint density at radius 2 is 2.24 bits per heavy atom. The lowest BCUT2D eigenvalue weighted by atomic mass is 10.0.